The number of aromatic nitrogens is 2. The maximum atomic E-state index is 4.42. The lowest BCUT2D eigenvalue weighted by atomic mass is 10.2. The number of hydrogen-bond donors (Lipinski definition) is 1. The minimum absolute atomic E-state index is 0.799. The zero-order valence-corrected chi connectivity index (χ0v) is 7.67. The molecule has 13 heavy (non-hydrogen) atoms. The van der Waals surface area contributed by atoms with Crippen molar-refractivity contribution in [3.63, 3.8) is 0 Å². The largest absolute Gasteiger partial charge is 0.342 e. The molecule has 2 aromatic rings. The molecule has 1 heterocycles. The van der Waals surface area contributed by atoms with Gasteiger partial charge in [-0.2, -0.15) is 0 Å². The Morgan fingerprint density at radius 1 is 1.54 bits per heavy atom. The molecule has 0 aliphatic heterocycles. The summed E-state index contributed by atoms with van der Waals surface area (Å²) in [6.07, 6.45) is 2.65. The van der Waals surface area contributed by atoms with Gasteiger partial charge in [-0.1, -0.05) is 12.1 Å². The Kier molecular flexibility index (Phi) is 1.89. The fourth-order valence-electron chi connectivity index (χ4n) is 1.41. The van der Waals surface area contributed by atoms with Crippen molar-refractivity contribution in [2.24, 2.45) is 0 Å². The molecule has 0 unspecified atom stereocenters. The molecule has 0 saturated carbocycles. The molecule has 2 heteroatoms. The monoisotopic (exact) mass is 172 g/mol. The van der Waals surface area contributed by atoms with Crippen molar-refractivity contribution in [3.8, 4) is 0 Å². The van der Waals surface area contributed by atoms with E-state index in [2.05, 4.69) is 35.6 Å². The van der Waals surface area contributed by atoms with Crippen LogP contribution in [-0.2, 0) is 6.42 Å². The van der Waals surface area contributed by atoms with Gasteiger partial charge in [0.15, 0.2) is 0 Å². The Labute approximate surface area is 77.3 Å². The summed E-state index contributed by atoms with van der Waals surface area (Å²) in [6.45, 7) is 5.76. The third-order valence-corrected chi connectivity index (χ3v) is 2.02. The van der Waals surface area contributed by atoms with E-state index < -0.39 is 0 Å². The number of rotatable bonds is 2. The van der Waals surface area contributed by atoms with Crippen molar-refractivity contribution >= 4 is 11.0 Å². The van der Waals surface area contributed by atoms with Crippen molar-refractivity contribution in [1.82, 2.24) is 9.97 Å². The molecule has 0 spiro atoms. The average molecular weight is 172 g/mol. The van der Waals surface area contributed by atoms with Crippen LogP contribution in [0.15, 0.2) is 30.9 Å². The molecule has 0 atom stereocenters. The molecule has 0 saturated heterocycles. The SMILES string of the molecule is C=CCc1nc2ccc(C)cc2[nH]1. The first-order valence-electron chi connectivity index (χ1n) is 4.36. The third kappa shape index (κ3) is 1.47. The predicted molar refractivity (Wildman–Crippen MR) is 54.7 cm³/mol. The maximum absolute atomic E-state index is 4.42. The van der Waals surface area contributed by atoms with Gasteiger partial charge in [0.1, 0.15) is 5.82 Å². The molecule has 0 radical (unpaired) electrons. The second-order valence-corrected chi connectivity index (χ2v) is 3.20. The van der Waals surface area contributed by atoms with E-state index in [9.17, 15) is 0 Å². The van der Waals surface area contributed by atoms with Crippen LogP contribution in [0.1, 0.15) is 11.4 Å². The second kappa shape index (κ2) is 3.05. The fraction of sp³-hybridized carbons (Fsp3) is 0.182. The van der Waals surface area contributed by atoms with Crippen LogP contribution in [0, 0.1) is 6.92 Å². The van der Waals surface area contributed by atoms with Gasteiger partial charge in [-0.15, -0.1) is 6.58 Å². The van der Waals surface area contributed by atoms with E-state index >= 15 is 0 Å². The predicted octanol–water partition coefficient (Wildman–Crippen LogP) is 2.60. The number of allylic oxidation sites excluding steroid dienone is 1. The summed E-state index contributed by atoms with van der Waals surface area (Å²) in [5, 5.41) is 0. The Bertz CT molecular complexity index is 440. The van der Waals surface area contributed by atoms with Gasteiger partial charge in [-0.05, 0) is 24.6 Å². The average Bonchev–Trinajstić information content (AvgIpc) is 2.46. The van der Waals surface area contributed by atoms with Crippen LogP contribution >= 0.6 is 0 Å². The highest BCUT2D eigenvalue weighted by atomic mass is 14.9. The second-order valence-electron chi connectivity index (χ2n) is 3.20. The zero-order chi connectivity index (χ0) is 9.26. The Balaban J connectivity index is 2.55. The van der Waals surface area contributed by atoms with Crippen molar-refractivity contribution in [1.29, 1.82) is 0 Å². The first-order valence-corrected chi connectivity index (χ1v) is 4.36. The summed E-state index contributed by atoms with van der Waals surface area (Å²) >= 11 is 0. The Morgan fingerprint density at radius 2 is 2.38 bits per heavy atom. The number of imidazole rings is 1. The smallest absolute Gasteiger partial charge is 0.111 e. The van der Waals surface area contributed by atoms with E-state index in [-0.39, 0.29) is 0 Å². The lowest BCUT2D eigenvalue weighted by Crippen LogP contribution is -1.81. The quantitative estimate of drug-likeness (QED) is 0.693. The minimum Gasteiger partial charge on any atom is -0.342 e. The highest BCUT2D eigenvalue weighted by Gasteiger charge is 1.99. The molecule has 1 aromatic heterocycles. The first-order chi connectivity index (χ1) is 6.29. The van der Waals surface area contributed by atoms with E-state index in [1.807, 2.05) is 12.1 Å². The summed E-state index contributed by atoms with van der Waals surface area (Å²) in [4.78, 5) is 7.67. The van der Waals surface area contributed by atoms with E-state index in [1.54, 1.807) is 0 Å². The molecule has 0 aliphatic carbocycles. The van der Waals surface area contributed by atoms with Crippen LogP contribution in [0.25, 0.3) is 11.0 Å². The molecule has 1 N–H and O–H groups in total. The van der Waals surface area contributed by atoms with Crippen LogP contribution in [0.4, 0.5) is 0 Å². The van der Waals surface area contributed by atoms with Gasteiger partial charge in [0.2, 0.25) is 0 Å². The summed E-state index contributed by atoms with van der Waals surface area (Å²) in [5.74, 6) is 0.982. The fourth-order valence-corrected chi connectivity index (χ4v) is 1.41. The van der Waals surface area contributed by atoms with Crippen LogP contribution in [0.2, 0.25) is 0 Å². The standard InChI is InChI=1S/C11H12N2/c1-3-4-11-12-9-6-5-8(2)7-10(9)13-11/h3,5-7H,1,4H2,2H3,(H,12,13). The molecule has 0 aliphatic rings. The molecule has 0 fully saturated rings. The number of H-pyrrole nitrogens is 1. The van der Waals surface area contributed by atoms with E-state index in [0.717, 1.165) is 23.3 Å². The van der Waals surface area contributed by atoms with Gasteiger partial charge in [-0.3, -0.25) is 0 Å². The number of nitrogens with zero attached hydrogens (tertiary/aromatic N) is 1. The topological polar surface area (TPSA) is 28.7 Å². The summed E-state index contributed by atoms with van der Waals surface area (Å²) in [7, 11) is 0. The summed E-state index contributed by atoms with van der Waals surface area (Å²) in [6, 6.07) is 6.21. The van der Waals surface area contributed by atoms with Crippen molar-refractivity contribution in [2.75, 3.05) is 0 Å². The minimum atomic E-state index is 0.799. The number of fused-ring (bicyclic) bond motifs is 1. The molecular weight excluding hydrogens is 160 g/mol. The molecule has 2 nitrogen and oxygen atoms in total. The summed E-state index contributed by atoms with van der Waals surface area (Å²) in [5.41, 5.74) is 3.39. The number of aromatic amines is 1. The van der Waals surface area contributed by atoms with E-state index in [4.69, 9.17) is 0 Å². The Morgan fingerprint density at radius 3 is 3.15 bits per heavy atom. The van der Waals surface area contributed by atoms with Crippen LogP contribution in [-0.4, -0.2) is 9.97 Å². The van der Waals surface area contributed by atoms with Gasteiger partial charge in [0, 0.05) is 6.42 Å². The van der Waals surface area contributed by atoms with Crippen molar-refractivity contribution in [2.45, 2.75) is 13.3 Å². The highest BCUT2D eigenvalue weighted by Crippen LogP contribution is 2.13. The number of aryl methyl sites for hydroxylation is 1. The molecular formula is C11H12N2. The molecule has 0 bridgehead atoms. The number of hydrogen-bond acceptors (Lipinski definition) is 1. The lowest BCUT2D eigenvalue weighted by molar-refractivity contribution is 1.07. The first kappa shape index (κ1) is 8.05. The number of benzene rings is 1. The molecule has 66 valence electrons. The summed E-state index contributed by atoms with van der Waals surface area (Å²) < 4.78 is 0. The molecule has 1 aromatic carbocycles. The normalized spacial score (nSPS) is 10.5. The molecule has 2 rings (SSSR count). The lowest BCUT2D eigenvalue weighted by Gasteiger charge is -1.89. The van der Waals surface area contributed by atoms with Crippen molar-refractivity contribution in [3.05, 3.63) is 42.2 Å². The van der Waals surface area contributed by atoms with Gasteiger partial charge in [0.25, 0.3) is 0 Å². The molecule has 0 amide bonds. The Hall–Kier alpha value is -1.57. The van der Waals surface area contributed by atoms with Gasteiger partial charge >= 0.3 is 0 Å². The van der Waals surface area contributed by atoms with E-state index in [0.29, 0.717) is 0 Å². The third-order valence-electron chi connectivity index (χ3n) is 2.02. The van der Waals surface area contributed by atoms with E-state index in [1.165, 1.54) is 5.56 Å². The van der Waals surface area contributed by atoms with Crippen LogP contribution < -0.4 is 0 Å². The zero-order valence-electron chi connectivity index (χ0n) is 7.67. The van der Waals surface area contributed by atoms with Crippen LogP contribution in [0.5, 0.6) is 0 Å². The maximum Gasteiger partial charge on any atom is 0.111 e. The van der Waals surface area contributed by atoms with Crippen molar-refractivity contribution < 1.29 is 0 Å². The number of nitrogens with one attached hydrogen (secondary N) is 1. The van der Waals surface area contributed by atoms with Crippen LogP contribution in [0.3, 0.4) is 0 Å². The highest BCUT2D eigenvalue weighted by molar-refractivity contribution is 5.75. The van der Waals surface area contributed by atoms with Gasteiger partial charge in [-0.25, -0.2) is 4.98 Å². The van der Waals surface area contributed by atoms with Gasteiger partial charge in [0.05, 0.1) is 11.0 Å². The van der Waals surface area contributed by atoms with Gasteiger partial charge < -0.3 is 4.98 Å².